The lowest BCUT2D eigenvalue weighted by Crippen LogP contribution is -2.57. The number of nitrogens with one attached hydrogen (secondary N) is 1. The summed E-state index contributed by atoms with van der Waals surface area (Å²) in [4.78, 5) is 44.4. The Morgan fingerprint density at radius 3 is 2.25 bits per heavy atom. The quantitative estimate of drug-likeness (QED) is 0.133. The second-order valence-corrected chi connectivity index (χ2v) is 10.6. The Kier molecular flexibility index (Phi) is 9.02. The maximum atomic E-state index is 14.1. The van der Waals surface area contributed by atoms with Crippen molar-refractivity contribution in [3.8, 4) is 0 Å². The van der Waals surface area contributed by atoms with Crippen LogP contribution < -0.4 is 11.2 Å². The SMILES string of the molecule is O=c1ccn([C@@H]2O[C@H](COP(=O)(O)OP(=O)(O)O[C@H]3O[C@H](CO)[C@H](O)[C@H](O)[C@H]3F)[C@@H](O)[C@H]2O)c(=O)[nH]1. The molecule has 0 bridgehead atoms. The van der Waals surface area contributed by atoms with Gasteiger partial charge in [-0.3, -0.25) is 23.4 Å². The van der Waals surface area contributed by atoms with E-state index < -0.39 is 95.4 Å². The van der Waals surface area contributed by atoms with Crippen molar-refractivity contribution in [2.75, 3.05) is 13.2 Å². The molecule has 3 heterocycles. The number of rotatable bonds is 9. The summed E-state index contributed by atoms with van der Waals surface area (Å²) < 4.78 is 61.7. The molecule has 3 rings (SSSR count). The van der Waals surface area contributed by atoms with Crippen LogP contribution in [0.5, 0.6) is 0 Å². The van der Waals surface area contributed by atoms with Gasteiger partial charge in [-0.15, -0.1) is 0 Å². The molecule has 1 aromatic rings. The molecule has 18 nitrogen and oxygen atoms in total. The zero-order valence-electron chi connectivity index (χ0n) is 17.8. The minimum atomic E-state index is -5.67. The largest absolute Gasteiger partial charge is 0.483 e. The first-order valence-corrected chi connectivity index (χ1v) is 12.9. The average Bonchev–Trinajstić information content (AvgIpc) is 3.06. The fourth-order valence-corrected chi connectivity index (χ4v) is 5.48. The maximum Gasteiger partial charge on any atom is 0.483 e. The molecule has 0 saturated carbocycles. The summed E-state index contributed by atoms with van der Waals surface area (Å²) >= 11 is 0. The minimum Gasteiger partial charge on any atom is -0.394 e. The molecule has 1 aromatic heterocycles. The molecule has 36 heavy (non-hydrogen) atoms. The molecule has 2 fully saturated rings. The number of phosphoric acid groups is 2. The molecule has 21 heteroatoms. The number of aliphatic hydroxyl groups excluding tert-OH is 5. The van der Waals surface area contributed by atoms with Gasteiger partial charge in [0, 0.05) is 12.3 Å². The van der Waals surface area contributed by atoms with E-state index in [1.54, 1.807) is 0 Å². The number of nitrogens with zero attached hydrogens (tertiary/aromatic N) is 1. The van der Waals surface area contributed by atoms with Crippen molar-refractivity contribution < 1.29 is 71.7 Å². The molecule has 2 saturated heterocycles. The van der Waals surface area contributed by atoms with Crippen LogP contribution in [0.25, 0.3) is 0 Å². The summed E-state index contributed by atoms with van der Waals surface area (Å²) in [5, 5.41) is 48.5. The molecule has 0 aromatic carbocycles. The van der Waals surface area contributed by atoms with Gasteiger partial charge in [-0.1, -0.05) is 0 Å². The number of aliphatic hydroxyl groups is 5. The lowest BCUT2D eigenvalue weighted by atomic mass is 10.0. The van der Waals surface area contributed by atoms with Crippen LogP contribution in [0, 0.1) is 0 Å². The highest BCUT2D eigenvalue weighted by molar-refractivity contribution is 7.61. The highest BCUT2D eigenvalue weighted by Crippen LogP contribution is 2.61. The van der Waals surface area contributed by atoms with E-state index in [1.807, 2.05) is 4.98 Å². The summed E-state index contributed by atoms with van der Waals surface area (Å²) in [5.74, 6) is 0. The Morgan fingerprint density at radius 1 is 1.00 bits per heavy atom. The van der Waals surface area contributed by atoms with E-state index in [0.29, 0.717) is 4.57 Å². The second kappa shape index (κ2) is 11.1. The van der Waals surface area contributed by atoms with Gasteiger partial charge in [0.25, 0.3) is 5.56 Å². The van der Waals surface area contributed by atoms with Gasteiger partial charge in [-0.2, -0.15) is 4.31 Å². The number of hydrogen-bond acceptors (Lipinski definition) is 14. The molecule has 206 valence electrons. The molecule has 0 aliphatic carbocycles. The van der Waals surface area contributed by atoms with Crippen LogP contribution in [0.1, 0.15) is 6.23 Å². The number of hydrogen-bond donors (Lipinski definition) is 8. The third kappa shape index (κ3) is 6.53. The molecule has 0 amide bonds. The van der Waals surface area contributed by atoms with E-state index in [4.69, 9.17) is 14.6 Å². The molecular formula is C15H23FN2O16P2. The van der Waals surface area contributed by atoms with Gasteiger partial charge in [0.2, 0.25) is 6.29 Å². The van der Waals surface area contributed by atoms with Crippen LogP contribution in [0.15, 0.2) is 21.9 Å². The molecule has 0 radical (unpaired) electrons. The predicted octanol–water partition coefficient (Wildman–Crippen LogP) is -3.82. The van der Waals surface area contributed by atoms with Gasteiger partial charge in [0.1, 0.15) is 36.6 Å². The molecule has 8 N–H and O–H groups in total. The molecule has 0 spiro atoms. The Balaban J connectivity index is 1.61. The van der Waals surface area contributed by atoms with Gasteiger partial charge in [-0.05, 0) is 0 Å². The third-order valence-corrected chi connectivity index (χ3v) is 7.71. The number of H-pyrrole nitrogens is 1. The number of phosphoric ester groups is 2. The predicted molar refractivity (Wildman–Crippen MR) is 108 cm³/mol. The lowest BCUT2D eigenvalue weighted by Gasteiger charge is -2.38. The van der Waals surface area contributed by atoms with Gasteiger partial charge in [0.15, 0.2) is 12.4 Å². The van der Waals surface area contributed by atoms with Crippen LogP contribution in [-0.2, 0) is 32.0 Å². The minimum absolute atomic E-state index is 0.711. The number of ether oxygens (including phenoxy) is 2. The van der Waals surface area contributed by atoms with Gasteiger partial charge in [-0.25, -0.2) is 18.3 Å². The zero-order chi connectivity index (χ0) is 27.0. The number of aromatic amines is 1. The maximum absolute atomic E-state index is 14.1. The van der Waals surface area contributed by atoms with Crippen LogP contribution in [-0.4, -0.2) is 107 Å². The monoisotopic (exact) mass is 568 g/mol. The van der Waals surface area contributed by atoms with Crippen molar-refractivity contribution in [3.05, 3.63) is 33.1 Å². The summed E-state index contributed by atoms with van der Waals surface area (Å²) in [5.41, 5.74) is -1.76. The molecule has 2 unspecified atom stereocenters. The normalized spacial score (nSPS) is 38.4. The van der Waals surface area contributed by atoms with E-state index in [2.05, 4.69) is 13.4 Å². The topological polar surface area (TPSA) is 277 Å². The van der Waals surface area contributed by atoms with Crippen molar-refractivity contribution in [1.29, 1.82) is 0 Å². The van der Waals surface area contributed by atoms with Gasteiger partial charge >= 0.3 is 21.3 Å². The van der Waals surface area contributed by atoms with E-state index >= 15 is 0 Å². The summed E-state index contributed by atoms with van der Waals surface area (Å²) in [7, 11) is -11.2. The van der Waals surface area contributed by atoms with Crippen LogP contribution in [0.3, 0.4) is 0 Å². The van der Waals surface area contributed by atoms with Crippen molar-refractivity contribution in [2.24, 2.45) is 0 Å². The average molecular weight is 568 g/mol. The molecule has 11 atom stereocenters. The fraction of sp³-hybridized carbons (Fsp3) is 0.733. The Hall–Kier alpha value is -1.41. The van der Waals surface area contributed by atoms with E-state index in [0.717, 1.165) is 12.3 Å². The standard InChI is InChI=1S/C15H23FN2O16P2/c16-8-11(23)9(21)5(3-19)32-14(8)33-36(28,29)34-35(26,27)30-4-6-10(22)12(24)13(31-6)18-2-1-7(20)17-15(18)25/h1-2,5-6,8-14,19,21-24H,3-4H2,(H,26,27)(H,28,29)(H,17,20,25)/t5-,6-,8-,9+,10-,11-,12-,13-,14-/m1/s1. The van der Waals surface area contributed by atoms with Crippen molar-refractivity contribution in [1.82, 2.24) is 9.55 Å². The van der Waals surface area contributed by atoms with E-state index in [9.17, 15) is 53.3 Å². The smallest absolute Gasteiger partial charge is 0.394 e. The van der Waals surface area contributed by atoms with Crippen molar-refractivity contribution >= 4 is 15.6 Å². The first-order valence-electron chi connectivity index (χ1n) is 9.95. The van der Waals surface area contributed by atoms with E-state index in [1.165, 1.54) is 0 Å². The van der Waals surface area contributed by atoms with Crippen LogP contribution in [0.2, 0.25) is 0 Å². The second-order valence-electron chi connectivity index (χ2n) is 7.63. The van der Waals surface area contributed by atoms with Gasteiger partial charge in [0.05, 0.1) is 13.2 Å². The van der Waals surface area contributed by atoms with Crippen molar-refractivity contribution in [2.45, 2.75) is 55.3 Å². The highest BCUT2D eigenvalue weighted by atomic mass is 31.3. The van der Waals surface area contributed by atoms with Crippen molar-refractivity contribution in [3.63, 3.8) is 0 Å². The first-order chi connectivity index (χ1) is 16.7. The lowest BCUT2D eigenvalue weighted by molar-refractivity contribution is -0.265. The van der Waals surface area contributed by atoms with Gasteiger partial charge < -0.3 is 44.8 Å². The number of halogens is 1. The Bertz CT molecular complexity index is 1130. The Labute approximate surface area is 199 Å². The van der Waals surface area contributed by atoms with Crippen LogP contribution >= 0.6 is 15.6 Å². The number of alkyl halides is 1. The van der Waals surface area contributed by atoms with E-state index in [-0.39, 0.29) is 0 Å². The Morgan fingerprint density at radius 2 is 1.64 bits per heavy atom. The van der Waals surface area contributed by atoms with Crippen LogP contribution in [0.4, 0.5) is 4.39 Å². The highest BCUT2D eigenvalue weighted by Gasteiger charge is 2.50. The molecular weight excluding hydrogens is 545 g/mol. The zero-order valence-corrected chi connectivity index (χ0v) is 19.6. The third-order valence-electron chi connectivity index (χ3n) is 5.11. The molecule has 2 aliphatic heterocycles. The summed E-state index contributed by atoms with van der Waals surface area (Å²) in [6.45, 7) is -2.01. The summed E-state index contributed by atoms with van der Waals surface area (Å²) in [6.07, 6.45) is -16.6. The number of aromatic nitrogens is 2. The molecule has 2 aliphatic rings. The fourth-order valence-electron chi connectivity index (χ4n) is 3.33. The summed E-state index contributed by atoms with van der Waals surface area (Å²) in [6, 6.07) is 0.919. The first kappa shape index (κ1) is 29.2.